The van der Waals surface area contributed by atoms with Crippen molar-refractivity contribution in [2.75, 3.05) is 6.61 Å². The van der Waals surface area contributed by atoms with Crippen LogP contribution in [0.1, 0.15) is 5.56 Å². The van der Waals surface area contributed by atoms with Gasteiger partial charge in [-0.2, -0.15) is 0 Å². The zero-order chi connectivity index (χ0) is 13.8. The van der Waals surface area contributed by atoms with Crippen molar-refractivity contribution in [2.45, 2.75) is 0 Å². The molecule has 0 saturated carbocycles. The van der Waals surface area contributed by atoms with Crippen LogP contribution >= 0.6 is 39.1 Å². The molecule has 2 aromatic rings. The Balaban J connectivity index is 2.03. The Labute approximate surface area is 130 Å². The maximum absolute atomic E-state index is 6.12. The van der Waals surface area contributed by atoms with Gasteiger partial charge in [0.25, 0.3) is 0 Å². The minimum atomic E-state index is 0.378. The number of benzene rings is 2. The first kappa shape index (κ1) is 14.4. The van der Waals surface area contributed by atoms with Crippen molar-refractivity contribution in [1.29, 1.82) is 0 Å². The van der Waals surface area contributed by atoms with E-state index >= 15 is 0 Å². The van der Waals surface area contributed by atoms with Crippen LogP contribution in [0.25, 0.3) is 5.57 Å². The summed E-state index contributed by atoms with van der Waals surface area (Å²) < 4.78 is 6.66. The molecule has 1 nitrogen and oxygen atoms in total. The molecule has 0 atom stereocenters. The number of hydrogen-bond donors (Lipinski definition) is 0. The van der Waals surface area contributed by atoms with Crippen LogP contribution in [-0.4, -0.2) is 6.61 Å². The van der Waals surface area contributed by atoms with E-state index in [2.05, 4.69) is 22.5 Å². The van der Waals surface area contributed by atoms with E-state index in [1.807, 2.05) is 30.3 Å². The fourth-order valence-corrected chi connectivity index (χ4v) is 2.36. The van der Waals surface area contributed by atoms with Gasteiger partial charge in [0, 0.05) is 14.5 Å². The lowest BCUT2D eigenvalue weighted by Gasteiger charge is -2.10. The molecule has 0 amide bonds. The van der Waals surface area contributed by atoms with E-state index in [1.54, 1.807) is 12.1 Å². The highest BCUT2D eigenvalue weighted by atomic mass is 79.9. The fraction of sp³-hybridized carbons (Fsp3) is 0.0667. The summed E-state index contributed by atoms with van der Waals surface area (Å²) in [6.07, 6.45) is 0. The third-order valence-electron chi connectivity index (χ3n) is 2.54. The van der Waals surface area contributed by atoms with Gasteiger partial charge >= 0.3 is 0 Å². The SMILES string of the molecule is C=C(COc1ccc(Br)cc1)c1ccc(Cl)cc1Cl. The summed E-state index contributed by atoms with van der Waals surface area (Å²) in [7, 11) is 0. The average Bonchev–Trinajstić information content (AvgIpc) is 2.37. The van der Waals surface area contributed by atoms with E-state index in [9.17, 15) is 0 Å². The Hall–Kier alpha value is -0.960. The number of rotatable bonds is 4. The van der Waals surface area contributed by atoms with Gasteiger partial charge < -0.3 is 4.74 Å². The van der Waals surface area contributed by atoms with Gasteiger partial charge in [0.2, 0.25) is 0 Å². The van der Waals surface area contributed by atoms with Crippen molar-refractivity contribution in [2.24, 2.45) is 0 Å². The van der Waals surface area contributed by atoms with Gasteiger partial charge in [0.1, 0.15) is 12.4 Å². The van der Waals surface area contributed by atoms with Gasteiger partial charge in [0.05, 0.1) is 0 Å². The van der Waals surface area contributed by atoms with Gasteiger partial charge in [-0.3, -0.25) is 0 Å². The summed E-state index contributed by atoms with van der Waals surface area (Å²) in [5.74, 6) is 0.787. The third kappa shape index (κ3) is 4.00. The van der Waals surface area contributed by atoms with E-state index in [4.69, 9.17) is 27.9 Å². The van der Waals surface area contributed by atoms with Crippen molar-refractivity contribution in [1.82, 2.24) is 0 Å². The quantitative estimate of drug-likeness (QED) is 0.667. The van der Waals surface area contributed by atoms with Gasteiger partial charge in [-0.05, 0) is 47.5 Å². The Bertz CT molecular complexity index is 594. The zero-order valence-corrected chi connectivity index (χ0v) is 13.1. The number of halogens is 3. The van der Waals surface area contributed by atoms with Crippen molar-refractivity contribution < 1.29 is 4.74 Å². The first-order valence-electron chi connectivity index (χ1n) is 5.58. The van der Waals surface area contributed by atoms with Crippen molar-refractivity contribution in [3.05, 3.63) is 69.1 Å². The maximum atomic E-state index is 6.12. The molecule has 0 saturated heterocycles. The number of hydrogen-bond acceptors (Lipinski definition) is 1. The van der Waals surface area contributed by atoms with Crippen LogP contribution in [0.4, 0.5) is 0 Å². The van der Waals surface area contributed by atoms with Gasteiger partial charge in [-0.15, -0.1) is 0 Å². The molecule has 0 unspecified atom stereocenters. The Morgan fingerprint density at radius 1 is 1.11 bits per heavy atom. The molecule has 2 aromatic carbocycles. The lowest BCUT2D eigenvalue weighted by Crippen LogP contribution is -2.00. The average molecular weight is 358 g/mol. The molecule has 0 aliphatic heterocycles. The standard InChI is InChI=1S/C15H11BrCl2O/c1-10(14-7-4-12(17)8-15(14)18)9-19-13-5-2-11(16)3-6-13/h2-8H,1,9H2. The molecule has 0 N–H and O–H groups in total. The smallest absolute Gasteiger partial charge is 0.119 e. The van der Waals surface area contributed by atoms with E-state index in [0.29, 0.717) is 16.7 Å². The molecule has 0 aliphatic rings. The molecule has 2 rings (SSSR count). The minimum absolute atomic E-state index is 0.378. The summed E-state index contributed by atoms with van der Waals surface area (Å²) in [5, 5.41) is 1.19. The van der Waals surface area contributed by atoms with Crippen LogP contribution in [0.15, 0.2) is 53.5 Å². The largest absolute Gasteiger partial charge is 0.489 e. The second-order valence-corrected chi connectivity index (χ2v) is 5.73. The maximum Gasteiger partial charge on any atom is 0.119 e. The topological polar surface area (TPSA) is 9.23 Å². The molecular formula is C15H11BrCl2O. The highest BCUT2D eigenvalue weighted by Crippen LogP contribution is 2.27. The normalized spacial score (nSPS) is 10.3. The highest BCUT2D eigenvalue weighted by Gasteiger charge is 2.06. The van der Waals surface area contributed by atoms with Crippen LogP contribution in [-0.2, 0) is 0 Å². The van der Waals surface area contributed by atoms with E-state index in [-0.39, 0.29) is 0 Å². The second-order valence-electron chi connectivity index (χ2n) is 3.97. The Morgan fingerprint density at radius 2 is 1.79 bits per heavy atom. The fourth-order valence-electron chi connectivity index (χ4n) is 1.56. The first-order chi connectivity index (χ1) is 9.06. The van der Waals surface area contributed by atoms with Crippen molar-refractivity contribution in [3.63, 3.8) is 0 Å². The van der Waals surface area contributed by atoms with Gasteiger partial charge in [0.15, 0.2) is 0 Å². The lowest BCUT2D eigenvalue weighted by atomic mass is 10.1. The van der Waals surface area contributed by atoms with Crippen molar-refractivity contribution in [3.8, 4) is 5.75 Å². The van der Waals surface area contributed by atoms with E-state index in [1.165, 1.54) is 0 Å². The van der Waals surface area contributed by atoms with Crippen LogP contribution in [0.3, 0.4) is 0 Å². The van der Waals surface area contributed by atoms with Crippen LogP contribution in [0.5, 0.6) is 5.75 Å². The molecular weight excluding hydrogens is 347 g/mol. The molecule has 0 aromatic heterocycles. The van der Waals surface area contributed by atoms with Gasteiger partial charge in [-0.1, -0.05) is 51.8 Å². The molecule has 0 bridgehead atoms. The predicted molar refractivity (Wildman–Crippen MR) is 85.1 cm³/mol. The summed E-state index contributed by atoms with van der Waals surface area (Å²) in [5.41, 5.74) is 1.66. The highest BCUT2D eigenvalue weighted by molar-refractivity contribution is 9.10. The Morgan fingerprint density at radius 3 is 2.42 bits per heavy atom. The zero-order valence-electron chi connectivity index (χ0n) is 10.00. The van der Waals surface area contributed by atoms with E-state index < -0.39 is 0 Å². The summed E-state index contributed by atoms with van der Waals surface area (Å²) in [6.45, 7) is 4.36. The van der Waals surface area contributed by atoms with Gasteiger partial charge in [-0.25, -0.2) is 0 Å². The minimum Gasteiger partial charge on any atom is -0.489 e. The molecule has 0 aliphatic carbocycles. The lowest BCUT2D eigenvalue weighted by molar-refractivity contribution is 0.370. The predicted octanol–water partition coefficient (Wildman–Crippen LogP) is 5.85. The molecule has 0 radical (unpaired) electrons. The Kier molecular flexibility index (Phi) is 4.92. The monoisotopic (exact) mass is 356 g/mol. The van der Waals surface area contributed by atoms with Crippen LogP contribution in [0.2, 0.25) is 10.0 Å². The second kappa shape index (κ2) is 6.47. The first-order valence-corrected chi connectivity index (χ1v) is 7.13. The summed E-state index contributed by atoms with van der Waals surface area (Å²) >= 11 is 15.4. The summed E-state index contributed by atoms with van der Waals surface area (Å²) in [6, 6.07) is 13.0. The molecule has 4 heteroatoms. The molecule has 0 heterocycles. The summed E-state index contributed by atoms with van der Waals surface area (Å²) in [4.78, 5) is 0. The molecule has 98 valence electrons. The van der Waals surface area contributed by atoms with E-state index in [0.717, 1.165) is 21.4 Å². The van der Waals surface area contributed by atoms with Crippen molar-refractivity contribution >= 4 is 44.7 Å². The molecule has 0 fully saturated rings. The number of ether oxygens (including phenoxy) is 1. The third-order valence-corrected chi connectivity index (χ3v) is 3.62. The molecule has 19 heavy (non-hydrogen) atoms. The molecule has 0 spiro atoms. The van der Waals surface area contributed by atoms with Crippen LogP contribution in [0, 0.1) is 0 Å². The van der Waals surface area contributed by atoms with Crippen LogP contribution < -0.4 is 4.74 Å².